The maximum Gasteiger partial charge on any atom is 0.211 e. The molecule has 1 heterocycles. The zero-order valence-electron chi connectivity index (χ0n) is 8.00. The van der Waals surface area contributed by atoms with Gasteiger partial charge in [0.1, 0.15) is 5.75 Å². The van der Waals surface area contributed by atoms with E-state index >= 15 is 0 Å². The van der Waals surface area contributed by atoms with Crippen LogP contribution in [0.2, 0.25) is 0 Å². The Balaban J connectivity index is 2.29. The number of ether oxygens (including phenoxy) is 1. The molecule has 2 atom stereocenters. The van der Waals surface area contributed by atoms with Crippen LogP contribution in [0.3, 0.4) is 0 Å². The molecule has 0 aliphatic carbocycles. The summed E-state index contributed by atoms with van der Waals surface area (Å²) in [7, 11) is 0. The van der Waals surface area contributed by atoms with Gasteiger partial charge >= 0.3 is 0 Å². The summed E-state index contributed by atoms with van der Waals surface area (Å²) < 4.78 is 5.18. The van der Waals surface area contributed by atoms with Gasteiger partial charge in [0, 0.05) is 16.9 Å². The summed E-state index contributed by atoms with van der Waals surface area (Å²) in [6, 6.07) is 7.10. The molecule has 1 aliphatic heterocycles. The third kappa shape index (κ3) is 2.07. The Hall–Kier alpha value is -1.62. The van der Waals surface area contributed by atoms with E-state index in [0.717, 1.165) is 5.56 Å². The van der Waals surface area contributed by atoms with Gasteiger partial charge in [-0.3, -0.25) is 10.1 Å². The Kier molecular flexibility index (Phi) is 2.55. The quantitative estimate of drug-likeness (QED) is 0.585. The minimum Gasteiger partial charge on any atom is -0.465 e. The van der Waals surface area contributed by atoms with Crippen molar-refractivity contribution < 1.29 is 14.8 Å². The first kappa shape index (κ1) is 9.92. The molecule has 15 heavy (non-hydrogen) atoms. The fourth-order valence-corrected chi connectivity index (χ4v) is 1.84. The first-order valence-corrected chi connectivity index (χ1v) is 4.72. The van der Waals surface area contributed by atoms with Crippen molar-refractivity contribution in [3.8, 4) is 5.75 Å². The predicted octanol–water partition coefficient (Wildman–Crippen LogP) is 1.15. The highest BCUT2D eigenvalue weighted by molar-refractivity contribution is 5.37. The smallest absolute Gasteiger partial charge is 0.211 e. The molecule has 1 aromatic rings. The van der Waals surface area contributed by atoms with E-state index in [4.69, 9.17) is 4.74 Å². The lowest BCUT2D eigenvalue weighted by molar-refractivity contribution is -0.484. The number of nitro groups is 1. The standard InChI is InChI=1S/C10H11NO4/c12-10-5-7(6-11(13)14)8-3-1-2-4-9(8)15-10/h1-4,7,10,12H,5-6H2/t7-,10+/m1/s1. The number of hydrogen-bond donors (Lipinski definition) is 1. The zero-order valence-corrected chi connectivity index (χ0v) is 8.00. The van der Waals surface area contributed by atoms with E-state index in [1.807, 2.05) is 6.07 Å². The number of nitrogens with zero attached hydrogens (tertiary/aromatic N) is 1. The van der Waals surface area contributed by atoms with Crippen LogP contribution in [0.15, 0.2) is 24.3 Å². The molecule has 1 N–H and O–H groups in total. The van der Waals surface area contributed by atoms with Gasteiger partial charge in [-0.1, -0.05) is 18.2 Å². The molecule has 2 rings (SSSR count). The van der Waals surface area contributed by atoms with Crippen molar-refractivity contribution in [3.63, 3.8) is 0 Å². The number of fused-ring (bicyclic) bond motifs is 1. The summed E-state index contributed by atoms with van der Waals surface area (Å²) in [6.45, 7) is -0.169. The Morgan fingerprint density at radius 1 is 1.53 bits per heavy atom. The second-order valence-electron chi connectivity index (χ2n) is 3.56. The summed E-state index contributed by atoms with van der Waals surface area (Å²) in [5, 5.41) is 19.9. The average Bonchev–Trinajstić information content (AvgIpc) is 2.16. The minimum atomic E-state index is -0.940. The first-order valence-electron chi connectivity index (χ1n) is 4.72. The van der Waals surface area contributed by atoms with Gasteiger partial charge in [-0.25, -0.2) is 0 Å². The number of para-hydroxylation sites is 1. The number of benzene rings is 1. The monoisotopic (exact) mass is 209 g/mol. The van der Waals surface area contributed by atoms with E-state index in [0.29, 0.717) is 5.75 Å². The van der Waals surface area contributed by atoms with E-state index in [-0.39, 0.29) is 23.8 Å². The highest BCUT2D eigenvalue weighted by Crippen LogP contribution is 2.35. The van der Waals surface area contributed by atoms with Gasteiger partial charge in [-0.2, -0.15) is 0 Å². The molecule has 0 aromatic heterocycles. The molecular formula is C10H11NO4. The lowest BCUT2D eigenvalue weighted by Gasteiger charge is -2.26. The van der Waals surface area contributed by atoms with Gasteiger partial charge < -0.3 is 9.84 Å². The molecule has 1 aromatic carbocycles. The lowest BCUT2D eigenvalue weighted by Crippen LogP contribution is -2.28. The fourth-order valence-electron chi connectivity index (χ4n) is 1.84. The molecular weight excluding hydrogens is 198 g/mol. The second-order valence-corrected chi connectivity index (χ2v) is 3.56. The highest BCUT2D eigenvalue weighted by atomic mass is 16.6. The van der Waals surface area contributed by atoms with Crippen LogP contribution in [0.25, 0.3) is 0 Å². The topological polar surface area (TPSA) is 72.6 Å². The molecule has 0 radical (unpaired) electrons. The third-order valence-corrected chi connectivity index (χ3v) is 2.48. The second kappa shape index (κ2) is 3.86. The van der Waals surface area contributed by atoms with Gasteiger partial charge in [0.25, 0.3) is 0 Å². The summed E-state index contributed by atoms with van der Waals surface area (Å²) in [5.41, 5.74) is 0.805. The van der Waals surface area contributed by atoms with Gasteiger partial charge in [0.2, 0.25) is 6.54 Å². The van der Waals surface area contributed by atoms with Crippen LogP contribution < -0.4 is 4.74 Å². The molecule has 1 aliphatic rings. The molecule has 0 saturated heterocycles. The van der Waals surface area contributed by atoms with Crippen LogP contribution in [0, 0.1) is 10.1 Å². The van der Waals surface area contributed by atoms with Crippen LogP contribution in [0.4, 0.5) is 0 Å². The summed E-state index contributed by atoms with van der Waals surface area (Å²) in [5.74, 6) is 0.281. The first-order chi connectivity index (χ1) is 7.16. The Bertz CT molecular complexity index is 379. The summed E-state index contributed by atoms with van der Waals surface area (Å²) in [6.07, 6.45) is -0.664. The van der Waals surface area contributed by atoms with Gasteiger partial charge in [0.05, 0.1) is 5.92 Å². The van der Waals surface area contributed by atoms with E-state index in [1.165, 1.54) is 0 Å². The molecule has 0 unspecified atom stereocenters. The molecule has 0 amide bonds. The van der Waals surface area contributed by atoms with Gasteiger partial charge in [0.15, 0.2) is 6.29 Å². The predicted molar refractivity (Wildman–Crippen MR) is 52.3 cm³/mol. The molecule has 0 spiro atoms. The molecule has 80 valence electrons. The van der Waals surface area contributed by atoms with E-state index in [1.54, 1.807) is 18.2 Å². The Morgan fingerprint density at radius 3 is 3.00 bits per heavy atom. The van der Waals surface area contributed by atoms with Gasteiger partial charge in [-0.15, -0.1) is 0 Å². The fraction of sp³-hybridized carbons (Fsp3) is 0.400. The minimum absolute atomic E-state index is 0.169. The average molecular weight is 209 g/mol. The zero-order chi connectivity index (χ0) is 10.8. The van der Waals surface area contributed by atoms with Gasteiger partial charge in [-0.05, 0) is 6.07 Å². The number of aliphatic hydroxyl groups is 1. The molecule has 0 saturated carbocycles. The maximum atomic E-state index is 10.5. The lowest BCUT2D eigenvalue weighted by atomic mass is 9.92. The van der Waals surface area contributed by atoms with Crippen molar-refractivity contribution in [3.05, 3.63) is 39.9 Å². The van der Waals surface area contributed by atoms with Crippen molar-refractivity contribution in [2.24, 2.45) is 0 Å². The van der Waals surface area contributed by atoms with Crippen LogP contribution in [-0.2, 0) is 0 Å². The Labute approximate surface area is 86.4 Å². The normalized spacial score (nSPS) is 24.1. The summed E-state index contributed by atoms with van der Waals surface area (Å²) in [4.78, 5) is 10.1. The van der Waals surface area contributed by atoms with E-state index in [9.17, 15) is 15.2 Å². The number of rotatable bonds is 2. The van der Waals surface area contributed by atoms with Crippen molar-refractivity contribution in [2.75, 3.05) is 6.54 Å². The molecule has 0 bridgehead atoms. The number of hydrogen-bond acceptors (Lipinski definition) is 4. The summed E-state index contributed by atoms with van der Waals surface area (Å²) >= 11 is 0. The Morgan fingerprint density at radius 2 is 2.27 bits per heavy atom. The molecule has 0 fully saturated rings. The van der Waals surface area contributed by atoms with Crippen molar-refractivity contribution >= 4 is 0 Å². The van der Waals surface area contributed by atoms with Crippen LogP contribution in [0.1, 0.15) is 17.9 Å². The molecule has 5 nitrogen and oxygen atoms in total. The van der Waals surface area contributed by atoms with Crippen molar-refractivity contribution in [1.29, 1.82) is 0 Å². The molecule has 5 heteroatoms. The van der Waals surface area contributed by atoms with Crippen molar-refractivity contribution in [1.82, 2.24) is 0 Å². The van der Waals surface area contributed by atoms with Crippen LogP contribution in [-0.4, -0.2) is 22.9 Å². The van der Waals surface area contributed by atoms with Crippen molar-refractivity contribution in [2.45, 2.75) is 18.6 Å². The van der Waals surface area contributed by atoms with E-state index < -0.39 is 6.29 Å². The SMILES string of the molecule is O=[N+]([O-])C[C@H]1C[C@@H](O)Oc2ccccc21. The highest BCUT2D eigenvalue weighted by Gasteiger charge is 2.29. The van der Waals surface area contributed by atoms with Crippen LogP contribution >= 0.6 is 0 Å². The third-order valence-electron chi connectivity index (χ3n) is 2.48. The van der Waals surface area contributed by atoms with Crippen LogP contribution in [0.5, 0.6) is 5.75 Å². The largest absolute Gasteiger partial charge is 0.465 e. The number of aliphatic hydroxyl groups excluding tert-OH is 1. The van der Waals surface area contributed by atoms with E-state index in [2.05, 4.69) is 0 Å². The maximum absolute atomic E-state index is 10.5.